The molecule has 29 heavy (non-hydrogen) atoms. The highest BCUT2D eigenvalue weighted by Gasteiger charge is 2.26. The summed E-state index contributed by atoms with van der Waals surface area (Å²) in [6.07, 6.45) is 1.81. The van der Waals surface area contributed by atoms with Crippen molar-refractivity contribution >= 4 is 23.9 Å². The fraction of sp³-hybridized carbons (Fsp3) is 0. The van der Waals surface area contributed by atoms with E-state index >= 15 is 0 Å². The quantitative estimate of drug-likeness (QED) is 0.385. The van der Waals surface area contributed by atoms with Crippen molar-refractivity contribution in [2.45, 2.75) is 0 Å². The van der Waals surface area contributed by atoms with Crippen LogP contribution in [-0.4, -0.2) is 68.5 Å². The molecule has 0 atom stereocenters. The first-order chi connectivity index (χ1) is 13.6. The van der Waals surface area contributed by atoms with Gasteiger partial charge in [-0.05, 0) is 6.07 Å². The third kappa shape index (κ3) is 3.23. The van der Waals surface area contributed by atoms with Gasteiger partial charge in [0.2, 0.25) is 0 Å². The van der Waals surface area contributed by atoms with E-state index in [1.807, 2.05) is 0 Å². The third-order valence-corrected chi connectivity index (χ3v) is 3.79. The molecule has 3 rings (SSSR count). The lowest BCUT2D eigenvalue weighted by Gasteiger charge is -2.11. The summed E-state index contributed by atoms with van der Waals surface area (Å²) in [5.41, 5.74) is -3.04. The fourth-order valence-electron chi connectivity index (χ4n) is 2.67. The lowest BCUT2D eigenvalue weighted by molar-refractivity contribution is 0.0642. The number of carbonyl (C=O) groups is 4. The second-order valence-corrected chi connectivity index (χ2v) is 5.55. The van der Waals surface area contributed by atoms with E-state index in [1.54, 1.807) is 0 Å². The molecule has 13 heteroatoms. The lowest BCUT2D eigenvalue weighted by Crippen LogP contribution is -2.13. The number of hydrogen-bond donors (Lipinski definition) is 5. The topological polar surface area (TPSA) is 205 Å². The van der Waals surface area contributed by atoms with Gasteiger partial charge >= 0.3 is 23.9 Å². The number of phenols is 1. The molecule has 0 unspecified atom stereocenters. The smallest absolute Gasteiger partial charge is 0.357 e. The van der Waals surface area contributed by atoms with Crippen molar-refractivity contribution in [1.29, 1.82) is 0 Å². The van der Waals surface area contributed by atoms with Crippen LogP contribution in [0.5, 0.6) is 5.75 Å². The predicted octanol–water partition coefficient (Wildman–Crippen LogP) is 0.556. The molecule has 0 aliphatic heterocycles. The Balaban J connectivity index is 2.25. The molecule has 13 nitrogen and oxygen atoms in total. The Labute approximate surface area is 159 Å². The van der Waals surface area contributed by atoms with Crippen molar-refractivity contribution in [2.24, 2.45) is 0 Å². The monoisotopic (exact) mass is 402 g/mol. The highest BCUT2D eigenvalue weighted by molar-refractivity contribution is 6.00. The number of aromatic carboxylic acids is 4. The molecule has 0 bridgehead atoms. The van der Waals surface area contributed by atoms with E-state index in [0.717, 1.165) is 33.9 Å². The minimum Gasteiger partial charge on any atom is -0.508 e. The Hall–Kier alpha value is -4.68. The summed E-state index contributed by atoms with van der Waals surface area (Å²) in [6.45, 7) is 0. The van der Waals surface area contributed by atoms with E-state index in [1.165, 1.54) is 6.07 Å². The van der Waals surface area contributed by atoms with Gasteiger partial charge in [-0.25, -0.2) is 29.1 Å². The number of benzene rings is 1. The van der Waals surface area contributed by atoms with E-state index in [0.29, 0.717) is 0 Å². The van der Waals surface area contributed by atoms with Crippen LogP contribution in [0.25, 0.3) is 11.4 Å². The third-order valence-electron chi connectivity index (χ3n) is 3.79. The molecule has 3 aromatic rings. The molecule has 0 aliphatic carbocycles. The zero-order valence-corrected chi connectivity index (χ0v) is 14.0. The molecule has 1 aromatic carbocycles. The highest BCUT2D eigenvalue weighted by Crippen LogP contribution is 2.26. The van der Waals surface area contributed by atoms with Crippen molar-refractivity contribution < 1.29 is 44.7 Å². The Morgan fingerprint density at radius 3 is 1.34 bits per heavy atom. The summed E-state index contributed by atoms with van der Waals surface area (Å²) >= 11 is 0. The van der Waals surface area contributed by atoms with Gasteiger partial charge in [-0.15, -0.1) is 0 Å². The van der Waals surface area contributed by atoms with Crippen molar-refractivity contribution in [3.05, 3.63) is 53.6 Å². The molecule has 0 saturated carbocycles. The number of carboxylic acid groups (broad SMARTS) is 4. The molecule has 5 N–H and O–H groups in total. The first-order valence-electron chi connectivity index (χ1n) is 7.54. The SMILES string of the molecule is O=C(O)c1ncn(-c2cc(O)cc(-n3cnc(C(=O)O)c3C(=O)O)c2)c1C(=O)O. The second-order valence-electron chi connectivity index (χ2n) is 5.55. The second kappa shape index (κ2) is 6.80. The lowest BCUT2D eigenvalue weighted by atomic mass is 10.2. The Morgan fingerprint density at radius 2 is 1.03 bits per heavy atom. The van der Waals surface area contributed by atoms with Crippen LogP contribution >= 0.6 is 0 Å². The zero-order chi connectivity index (χ0) is 21.5. The van der Waals surface area contributed by atoms with Crippen molar-refractivity contribution in [2.75, 3.05) is 0 Å². The van der Waals surface area contributed by atoms with E-state index in [9.17, 15) is 34.5 Å². The first kappa shape index (κ1) is 19.1. The van der Waals surface area contributed by atoms with Gasteiger partial charge in [-0.3, -0.25) is 9.13 Å². The maximum Gasteiger partial charge on any atom is 0.357 e. The van der Waals surface area contributed by atoms with E-state index in [4.69, 9.17) is 10.2 Å². The fourth-order valence-corrected chi connectivity index (χ4v) is 2.67. The minimum absolute atomic E-state index is 0.0701. The van der Waals surface area contributed by atoms with E-state index in [-0.39, 0.29) is 11.4 Å². The molecule has 2 heterocycles. The van der Waals surface area contributed by atoms with Gasteiger partial charge in [0.15, 0.2) is 22.8 Å². The van der Waals surface area contributed by atoms with E-state index in [2.05, 4.69) is 9.97 Å². The normalized spacial score (nSPS) is 10.6. The van der Waals surface area contributed by atoms with Crippen molar-refractivity contribution in [1.82, 2.24) is 19.1 Å². The molecule has 0 saturated heterocycles. The van der Waals surface area contributed by atoms with Crippen LogP contribution in [0.3, 0.4) is 0 Å². The van der Waals surface area contributed by atoms with Crippen LogP contribution < -0.4 is 0 Å². The van der Waals surface area contributed by atoms with Crippen LogP contribution in [0, 0.1) is 0 Å². The molecular formula is C16H10N4O9. The number of phenolic OH excluding ortho intramolecular Hbond substituents is 1. The van der Waals surface area contributed by atoms with Crippen molar-refractivity contribution in [3.63, 3.8) is 0 Å². The molecule has 0 amide bonds. The summed E-state index contributed by atoms with van der Waals surface area (Å²) in [6, 6.07) is 3.36. The minimum atomic E-state index is -1.60. The van der Waals surface area contributed by atoms with Gasteiger partial charge in [-0.1, -0.05) is 0 Å². The maximum atomic E-state index is 11.5. The van der Waals surface area contributed by atoms with Gasteiger partial charge in [-0.2, -0.15) is 0 Å². The van der Waals surface area contributed by atoms with Crippen molar-refractivity contribution in [3.8, 4) is 17.1 Å². The summed E-state index contributed by atoms with van der Waals surface area (Å²) < 4.78 is 1.73. The first-order valence-corrected chi connectivity index (χ1v) is 7.54. The standard InChI is InChI=1S/C16H10N4O9/c21-8-2-6(19-4-17-9(13(22)23)11(19)15(26)27)1-7(3-8)20-5-18-10(14(24)25)12(20)16(28)29/h1-5,21H,(H,22,23)(H,24,25)(H,26,27)(H,28,29). The highest BCUT2D eigenvalue weighted by atomic mass is 16.4. The summed E-state index contributed by atoms with van der Waals surface area (Å²) in [5, 5.41) is 46.9. The number of nitrogens with zero attached hydrogens (tertiary/aromatic N) is 4. The number of imidazole rings is 2. The van der Waals surface area contributed by atoms with Crippen LogP contribution in [0.2, 0.25) is 0 Å². The molecule has 0 radical (unpaired) electrons. The molecule has 0 aliphatic rings. The van der Waals surface area contributed by atoms with Crippen LogP contribution in [0.1, 0.15) is 42.0 Å². The van der Waals surface area contributed by atoms with Gasteiger partial charge in [0.1, 0.15) is 18.4 Å². The van der Waals surface area contributed by atoms with Crippen LogP contribution in [0.15, 0.2) is 30.9 Å². The van der Waals surface area contributed by atoms with Gasteiger partial charge < -0.3 is 25.5 Å². The maximum absolute atomic E-state index is 11.5. The zero-order valence-electron chi connectivity index (χ0n) is 14.0. The molecule has 0 fully saturated rings. The number of carboxylic acids is 4. The van der Waals surface area contributed by atoms with Crippen LogP contribution in [-0.2, 0) is 0 Å². The number of hydrogen-bond acceptors (Lipinski definition) is 7. The molecular weight excluding hydrogens is 392 g/mol. The largest absolute Gasteiger partial charge is 0.508 e. The van der Waals surface area contributed by atoms with Gasteiger partial charge in [0, 0.05) is 12.1 Å². The average Bonchev–Trinajstić information content (AvgIpc) is 3.26. The van der Waals surface area contributed by atoms with Gasteiger partial charge in [0.25, 0.3) is 0 Å². The van der Waals surface area contributed by atoms with Crippen LogP contribution in [0.4, 0.5) is 0 Å². The molecule has 0 spiro atoms. The average molecular weight is 402 g/mol. The predicted molar refractivity (Wildman–Crippen MR) is 90.2 cm³/mol. The summed E-state index contributed by atoms with van der Waals surface area (Å²) in [5.74, 6) is -6.83. The Kier molecular flexibility index (Phi) is 4.48. The number of aromatic hydroxyl groups is 1. The number of aromatic nitrogens is 4. The Morgan fingerprint density at radius 1 is 0.655 bits per heavy atom. The summed E-state index contributed by atoms with van der Waals surface area (Å²) in [4.78, 5) is 52.4. The molecule has 2 aromatic heterocycles. The van der Waals surface area contributed by atoms with Gasteiger partial charge in [0.05, 0.1) is 11.4 Å². The molecule has 148 valence electrons. The summed E-state index contributed by atoms with van der Waals surface area (Å²) in [7, 11) is 0. The number of rotatable bonds is 6. The Bertz CT molecular complexity index is 1100. The van der Waals surface area contributed by atoms with E-state index < -0.39 is 52.4 Å².